The van der Waals surface area contributed by atoms with E-state index in [1.165, 1.54) is 25.3 Å². The second kappa shape index (κ2) is 9.32. The van der Waals surface area contributed by atoms with Gasteiger partial charge in [0.1, 0.15) is 5.82 Å². The number of aliphatic hydroxyl groups excluding tert-OH is 1. The summed E-state index contributed by atoms with van der Waals surface area (Å²) in [5, 5.41) is 10.6. The Bertz CT molecular complexity index is 380. The van der Waals surface area contributed by atoms with Gasteiger partial charge in [0, 0.05) is 23.0 Å². The van der Waals surface area contributed by atoms with E-state index < -0.39 is 17.8 Å². The predicted octanol–water partition coefficient (Wildman–Crippen LogP) is 4.24. The summed E-state index contributed by atoms with van der Waals surface area (Å²) in [6, 6.07) is 4.56. The summed E-state index contributed by atoms with van der Waals surface area (Å²) < 4.78 is 13.9. The number of rotatable bonds is 9. The molecule has 0 saturated carbocycles. The van der Waals surface area contributed by atoms with Gasteiger partial charge in [-0.2, -0.15) is 0 Å². The first-order valence-corrected chi connectivity index (χ1v) is 7.81. The molecule has 0 aliphatic rings. The molecule has 0 saturated heterocycles. The van der Waals surface area contributed by atoms with E-state index in [9.17, 15) is 9.50 Å². The SMILES string of the molecule is CCCCCCCC(O)C(CN)c1c(F)cccc1Cl. The van der Waals surface area contributed by atoms with Gasteiger partial charge in [-0.25, -0.2) is 4.39 Å². The molecule has 0 heterocycles. The zero-order chi connectivity index (χ0) is 15.0. The van der Waals surface area contributed by atoms with Crippen LogP contribution in [0.4, 0.5) is 4.39 Å². The Morgan fingerprint density at radius 3 is 2.55 bits per heavy atom. The summed E-state index contributed by atoms with van der Waals surface area (Å²) in [4.78, 5) is 0. The van der Waals surface area contributed by atoms with Gasteiger partial charge >= 0.3 is 0 Å². The van der Waals surface area contributed by atoms with Gasteiger partial charge in [-0.3, -0.25) is 0 Å². The summed E-state index contributed by atoms with van der Waals surface area (Å²) in [5.41, 5.74) is 6.06. The fourth-order valence-corrected chi connectivity index (χ4v) is 2.79. The van der Waals surface area contributed by atoms with Crippen molar-refractivity contribution in [3.8, 4) is 0 Å². The molecule has 0 amide bonds. The molecule has 114 valence electrons. The van der Waals surface area contributed by atoms with Crippen LogP contribution in [0.25, 0.3) is 0 Å². The quantitative estimate of drug-likeness (QED) is 0.670. The van der Waals surface area contributed by atoms with E-state index >= 15 is 0 Å². The molecule has 0 spiro atoms. The van der Waals surface area contributed by atoms with E-state index in [0.717, 1.165) is 12.8 Å². The summed E-state index contributed by atoms with van der Waals surface area (Å²) in [6.45, 7) is 2.36. The predicted molar refractivity (Wildman–Crippen MR) is 82.6 cm³/mol. The van der Waals surface area contributed by atoms with Crippen LogP contribution in [0.2, 0.25) is 5.02 Å². The van der Waals surface area contributed by atoms with Crippen molar-refractivity contribution in [1.82, 2.24) is 0 Å². The third-order valence-electron chi connectivity index (χ3n) is 3.69. The number of nitrogens with two attached hydrogens (primary N) is 1. The Morgan fingerprint density at radius 2 is 1.95 bits per heavy atom. The maximum absolute atomic E-state index is 13.9. The summed E-state index contributed by atoms with van der Waals surface area (Å²) in [6.07, 6.45) is 5.61. The number of hydrogen-bond acceptors (Lipinski definition) is 2. The Labute approximate surface area is 126 Å². The highest BCUT2D eigenvalue weighted by molar-refractivity contribution is 6.31. The minimum absolute atomic E-state index is 0.191. The fraction of sp³-hybridized carbons (Fsp3) is 0.625. The van der Waals surface area contributed by atoms with Crippen molar-refractivity contribution >= 4 is 11.6 Å². The molecule has 1 rings (SSSR count). The van der Waals surface area contributed by atoms with Crippen molar-refractivity contribution in [2.24, 2.45) is 5.73 Å². The molecule has 0 fully saturated rings. The zero-order valence-electron chi connectivity index (χ0n) is 12.1. The number of unbranched alkanes of at least 4 members (excludes halogenated alkanes) is 4. The smallest absolute Gasteiger partial charge is 0.128 e. The molecule has 1 aromatic rings. The van der Waals surface area contributed by atoms with Crippen molar-refractivity contribution < 1.29 is 9.50 Å². The first-order chi connectivity index (χ1) is 9.61. The van der Waals surface area contributed by atoms with E-state index in [4.69, 9.17) is 17.3 Å². The molecule has 4 heteroatoms. The lowest BCUT2D eigenvalue weighted by atomic mass is 9.89. The maximum Gasteiger partial charge on any atom is 0.128 e. The largest absolute Gasteiger partial charge is 0.392 e. The van der Waals surface area contributed by atoms with Crippen LogP contribution in [0.5, 0.6) is 0 Å². The Morgan fingerprint density at radius 1 is 1.25 bits per heavy atom. The van der Waals surface area contributed by atoms with Crippen LogP contribution < -0.4 is 5.73 Å². The second-order valence-corrected chi connectivity index (χ2v) is 5.65. The zero-order valence-corrected chi connectivity index (χ0v) is 12.9. The van der Waals surface area contributed by atoms with Crippen LogP contribution in [0, 0.1) is 5.82 Å². The molecule has 2 unspecified atom stereocenters. The number of benzene rings is 1. The Balaban J connectivity index is 2.61. The molecular weight excluding hydrogens is 277 g/mol. The van der Waals surface area contributed by atoms with Gasteiger partial charge in [0.25, 0.3) is 0 Å². The van der Waals surface area contributed by atoms with E-state index in [1.807, 2.05) is 0 Å². The number of aliphatic hydroxyl groups is 1. The second-order valence-electron chi connectivity index (χ2n) is 5.25. The molecule has 3 N–H and O–H groups in total. The Hall–Kier alpha value is -0.640. The van der Waals surface area contributed by atoms with Gasteiger partial charge in [-0.15, -0.1) is 0 Å². The highest BCUT2D eigenvalue weighted by Crippen LogP contribution is 2.30. The highest BCUT2D eigenvalue weighted by Gasteiger charge is 2.24. The molecular formula is C16H25ClFNO. The van der Waals surface area contributed by atoms with Crippen LogP contribution in [0.15, 0.2) is 18.2 Å². The maximum atomic E-state index is 13.9. The Kier molecular flexibility index (Phi) is 8.12. The molecule has 20 heavy (non-hydrogen) atoms. The topological polar surface area (TPSA) is 46.2 Å². The van der Waals surface area contributed by atoms with Gasteiger partial charge in [0.05, 0.1) is 6.10 Å². The van der Waals surface area contributed by atoms with Crippen molar-refractivity contribution in [3.63, 3.8) is 0 Å². The average Bonchev–Trinajstić information content (AvgIpc) is 2.42. The normalized spacial score (nSPS) is 14.2. The molecule has 1 aromatic carbocycles. The van der Waals surface area contributed by atoms with Crippen LogP contribution in [-0.4, -0.2) is 17.8 Å². The molecule has 0 aliphatic heterocycles. The lowest BCUT2D eigenvalue weighted by Gasteiger charge is -2.23. The van der Waals surface area contributed by atoms with Crippen LogP contribution in [0.1, 0.15) is 56.9 Å². The molecule has 0 aromatic heterocycles. The van der Waals surface area contributed by atoms with Crippen LogP contribution in [0.3, 0.4) is 0 Å². The monoisotopic (exact) mass is 301 g/mol. The highest BCUT2D eigenvalue weighted by atomic mass is 35.5. The molecule has 2 atom stereocenters. The van der Waals surface area contributed by atoms with Crippen molar-refractivity contribution in [3.05, 3.63) is 34.6 Å². The molecule has 2 nitrogen and oxygen atoms in total. The van der Waals surface area contributed by atoms with Gasteiger partial charge in [-0.05, 0) is 18.6 Å². The molecule has 0 aliphatic carbocycles. The van der Waals surface area contributed by atoms with E-state index in [1.54, 1.807) is 12.1 Å². The van der Waals surface area contributed by atoms with Crippen LogP contribution in [-0.2, 0) is 0 Å². The van der Waals surface area contributed by atoms with E-state index in [2.05, 4.69) is 6.92 Å². The minimum atomic E-state index is -0.643. The van der Waals surface area contributed by atoms with Gasteiger partial charge in [0.2, 0.25) is 0 Å². The lowest BCUT2D eigenvalue weighted by molar-refractivity contribution is 0.131. The van der Waals surface area contributed by atoms with Crippen molar-refractivity contribution in [1.29, 1.82) is 0 Å². The van der Waals surface area contributed by atoms with E-state index in [0.29, 0.717) is 17.0 Å². The van der Waals surface area contributed by atoms with Gasteiger partial charge < -0.3 is 10.8 Å². The van der Waals surface area contributed by atoms with Gasteiger partial charge in [-0.1, -0.05) is 56.7 Å². The minimum Gasteiger partial charge on any atom is -0.392 e. The number of halogens is 2. The number of hydrogen-bond donors (Lipinski definition) is 2. The van der Waals surface area contributed by atoms with Crippen molar-refractivity contribution in [2.45, 2.75) is 57.5 Å². The standard InChI is InChI=1S/C16H25ClFNO/c1-2-3-4-5-6-10-15(20)12(11-19)16-13(17)8-7-9-14(16)18/h7-9,12,15,20H,2-6,10-11,19H2,1H3. The van der Waals surface area contributed by atoms with Gasteiger partial charge in [0.15, 0.2) is 0 Å². The third kappa shape index (κ3) is 5.04. The fourth-order valence-electron chi connectivity index (χ4n) is 2.49. The van der Waals surface area contributed by atoms with Crippen LogP contribution >= 0.6 is 11.6 Å². The summed E-state index contributed by atoms with van der Waals surface area (Å²) in [7, 11) is 0. The first kappa shape index (κ1) is 17.4. The summed E-state index contributed by atoms with van der Waals surface area (Å²) >= 11 is 6.04. The molecule has 0 bridgehead atoms. The van der Waals surface area contributed by atoms with E-state index in [-0.39, 0.29) is 6.54 Å². The summed E-state index contributed by atoms with van der Waals surface area (Å²) in [5.74, 6) is -0.826. The lowest BCUT2D eigenvalue weighted by Crippen LogP contribution is -2.27. The van der Waals surface area contributed by atoms with Crippen molar-refractivity contribution in [2.75, 3.05) is 6.54 Å². The third-order valence-corrected chi connectivity index (χ3v) is 4.02. The first-order valence-electron chi connectivity index (χ1n) is 7.43. The average molecular weight is 302 g/mol. The molecule has 0 radical (unpaired) electrons.